The van der Waals surface area contributed by atoms with Crippen molar-refractivity contribution in [3.63, 3.8) is 0 Å². The zero-order chi connectivity index (χ0) is 24.5. The fraction of sp³-hybridized carbons (Fsp3) is 0.120. The molecule has 2 aromatic carbocycles. The largest absolute Gasteiger partial charge is 0.337 e. The molecular weight excluding hydrogens is 457 g/mol. The summed E-state index contributed by atoms with van der Waals surface area (Å²) in [5.41, 5.74) is 2.08. The monoisotopic (exact) mass is 476 g/mol. The lowest BCUT2D eigenvalue weighted by Gasteiger charge is -2.17. The summed E-state index contributed by atoms with van der Waals surface area (Å²) in [4.78, 5) is 19.1. The number of hydrogen-bond acceptors (Lipinski definition) is 4. The molecule has 3 aromatic heterocycles. The first kappa shape index (κ1) is 22.3. The smallest absolute Gasteiger partial charge is 0.280 e. The minimum Gasteiger partial charge on any atom is -0.337 e. The van der Waals surface area contributed by atoms with E-state index in [-0.39, 0.29) is 23.4 Å². The Bertz CT molecular complexity index is 1480. The third-order valence-electron chi connectivity index (χ3n) is 5.57. The first-order valence-electron chi connectivity index (χ1n) is 10.7. The second-order valence-electron chi connectivity index (χ2n) is 7.95. The van der Waals surface area contributed by atoms with Crippen LogP contribution in [0.15, 0.2) is 79.3 Å². The van der Waals surface area contributed by atoms with Crippen molar-refractivity contribution < 1.29 is 18.0 Å². The minimum atomic E-state index is -2.85. The van der Waals surface area contributed by atoms with Crippen LogP contribution in [0.5, 0.6) is 0 Å². The normalized spacial score (nSPS) is 11.3. The topological polar surface area (TPSA) is 68.3 Å². The summed E-state index contributed by atoms with van der Waals surface area (Å²) in [6.07, 6.45) is 1.90. The van der Waals surface area contributed by atoms with Crippen LogP contribution in [-0.2, 0) is 6.54 Å². The fourth-order valence-electron chi connectivity index (χ4n) is 3.79. The zero-order valence-corrected chi connectivity index (χ0v) is 18.5. The molecule has 0 aliphatic carbocycles. The quantitative estimate of drug-likeness (QED) is 0.349. The van der Waals surface area contributed by atoms with Gasteiger partial charge >= 0.3 is 0 Å². The van der Waals surface area contributed by atoms with E-state index in [1.54, 1.807) is 17.9 Å². The van der Waals surface area contributed by atoms with Gasteiger partial charge in [-0.05, 0) is 54.1 Å². The van der Waals surface area contributed by atoms with Gasteiger partial charge in [-0.3, -0.25) is 4.79 Å². The molecule has 0 fully saturated rings. The number of hydrogen-bond donors (Lipinski definition) is 0. The summed E-state index contributed by atoms with van der Waals surface area (Å²) >= 11 is 0. The van der Waals surface area contributed by atoms with Crippen molar-refractivity contribution in [2.75, 3.05) is 7.05 Å². The van der Waals surface area contributed by atoms with Gasteiger partial charge in [-0.15, -0.1) is 0 Å². The fourth-order valence-corrected chi connectivity index (χ4v) is 3.79. The molecule has 0 N–H and O–H groups in total. The number of halogens is 3. The number of rotatable bonds is 6. The molecule has 5 aromatic rings. The molecule has 0 spiro atoms. The van der Waals surface area contributed by atoms with Crippen molar-refractivity contribution in [1.82, 2.24) is 29.3 Å². The molecule has 0 saturated carbocycles. The van der Waals surface area contributed by atoms with Gasteiger partial charge in [0.15, 0.2) is 5.65 Å². The number of alkyl halides is 2. The van der Waals surface area contributed by atoms with E-state index in [9.17, 15) is 18.0 Å². The van der Waals surface area contributed by atoms with Gasteiger partial charge in [-0.1, -0.05) is 12.1 Å². The van der Waals surface area contributed by atoms with Crippen molar-refractivity contribution in [1.29, 1.82) is 0 Å². The van der Waals surface area contributed by atoms with Gasteiger partial charge in [0.2, 0.25) is 0 Å². The van der Waals surface area contributed by atoms with E-state index < -0.39 is 23.8 Å². The molecule has 1 amide bonds. The van der Waals surface area contributed by atoms with E-state index in [4.69, 9.17) is 0 Å². The Morgan fingerprint density at radius 1 is 1.06 bits per heavy atom. The van der Waals surface area contributed by atoms with Crippen LogP contribution in [0.25, 0.3) is 22.6 Å². The number of fused-ring (bicyclic) bond motifs is 1. The number of nitrogens with zero attached hydrogens (tertiary/aromatic N) is 6. The van der Waals surface area contributed by atoms with E-state index in [1.807, 2.05) is 36.5 Å². The molecule has 10 heteroatoms. The minimum absolute atomic E-state index is 0.00741. The Balaban J connectivity index is 1.45. The molecular formula is C25H19F3N6O. The van der Waals surface area contributed by atoms with Gasteiger partial charge < -0.3 is 4.90 Å². The Hall–Kier alpha value is -4.47. The molecule has 5 rings (SSSR count). The SMILES string of the molecule is CN(Cc1ccc(-n2cccn2)cc1)C(=O)c1cnn2c(C(F)F)cc(-c3ccc(F)cc3)nc12. The van der Waals surface area contributed by atoms with Crippen molar-refractivity contribution in [3.8, 4) is 16.9 Å². The summed E-state index contributed by atoms with van der Waals surface area (Å²) in [6, 6.07) is 15.9. The van der Waals surface area contributed by atoms with Crippen molar-refractivity contribution in [2.24, 2.45) is 0 Å². The van der Waals surface area contributed by atoms with Gasteiger partial charge in [-0.25, -0.2) is 27.4 Å². The van der Waals surface area contributed by atoms with Crippen LogP contribution in [0.1, 0.15) is 28.0 Å². The van der Waals surface area contributed by atoms with E-state index in [1.165, 1.54) is 41.4 Å². The third kappa shape index (κ3) is 4.37. The first-order chi connectivity index (χ1) is 16.9. The number of benzene rings is 2. The highest BCUT2D eigenvalue weighted by atomic mass is 19.3. The predicted octanol–water partition coefficient (Wildman–Crippen LogP) is 4.93. The summed E-state index contributed by atoms with van der Waals surface area (Å²) in [7, 11) is 1.62. The molecule has 3 heterocycles. The van der Waals surface area contributed by atoms with E-state index in [0.717, 1.165) is 15.8 Å². The standard InChI is InChI=1S/C25H19F3N6O/c1-32(15-16-3-9-19(10-4-16)33-12-2-11-29-33)25(35)20-14-30-34-22(23(27)28)13-21(31-24(20)34)17-5-7-18(26)8-6-17/h2-14,23H,15H2,1H3. The van der Waals surface area contributed by atoms with Crippen LogP contribution in [0.4, 0.5) is 13.2 Å². The van der Waals surface area contributed by atoms with E-state index in [2.05, 4.69) is 15.2 Å². The Morgan fingerprint density at radius 3 is 2.46 bits per heavy atom. The maximum Gasteiger partial charge on any atom is 0.280 e. The highest BCUT2D eigenvalue weighted by molar-refractivity contribution is 5.99. The van der Waals surface area contributed by atoms with Crippen LogP contribution < -0.4 is 0 Å². The Kier molecular flexibility index (Phi) is 5.77. The molecule has 0 bridgehead atoms. The maximum absolute atomic E-state index is 13.8. The second-order valence-corrected chi connectivity index (χ2v) is 7.95. The van der Waals surface area contributed by atoms with Gasteiger partial charge in [0.25, 0.3) is 12.3 Å². The molecule has 0 unspecified atom stereocenters. The zero-order valence-electron chi connectivity index (χ0n) is 18.5. The predicted molar refractivity (Wildman–Crippen MR) is 123 cm³/mol. The number of amides is 1. The van der Waals surface area contributed by atoms with E-state index >= 15 is 0 Å². The van der Waals surface area contributed by atoms with Gasteiger partial charge in [0.05, 0.1) is 17.6 Å². The lowest BCUT2D eigenvalue weighted by molar-refractivity contribution is 0.0786. The van der Waals surface area contributed by atoms with E-state index in [0.29, 0.717) is 5.56 Å². The van der Waals surface area contributed by atoms with Crippen LogP contribution in [0, 0.1) is 5.82 Å². The maximum atomic E-state index is 13.8. The van der Waals surface area contributed by atoms with Crippen LogP contribution in [0.3, 0.4) is 0 Å². The molecule has 0 aliphatic heterocycles. The number of carbonyl (C=O) groups is 1. The molecule has 0 aliphatic rings. The van der Waals surface area contributed by atoms with Crippen LogP contribution in [0.2, 0.25) is 0 Å². The summed E-state index contributed by atoms with van der Waals surface area (Å²) < 4.78 is 43.6. The van der Waals surface area contributed by atoms with Crippen molar-refractivity contribution in [2.45, 2.75) is 13.0 Å². The first-order valence-corrected chi connectivity index (χ1v) is 10.7. The lowest BCUT2D eigenvalue weighted by Crippen LogP contribution is -2.26. The van der Waals surface area contributed by atoms with Gasteiger partial charge in [-0.2, -0.15) is 10.2 Å². The van der Waals surface area contributed by atoms with Crippen molar-refractivity contribution in [3.05, 3.63) is 102 Å². The highest BCUT2D eigenvalue weighted by Gasteiger charge is 2.23. The van der Waals surface area contributed by atoms with Gasteiger partial charge in [0.1, 0.15) is 17.1 Å². The average Bonchev–Trinajstić information content (AvgIpc) is 3.54. The van der Waals surface area contributed by atoms with Crippen LogP contribution >= 0.6 is 0 Å². The van der Waals surface area contributed by atoms with Crippen molar-refractivity contribution >= 4 is 11.6 Å². The molecule has 7 nitrogen and oxygen atoms in total. The lowest BCUT2D eigenvalue weighted by atomic mass is 10.1. The molecule has 0 radical (unpaired) electrons. The second kappa shape index (κ2) is 9.05. The molecule has 176 valence electrons. The average molecular weight is 476 g/mol. The third-order valence-corrected chi connectivity index (χ3v) is 5.57. The highest BCUT2D eigenvalue weighted by Crippen LogP contribution is 2.27. The van der Waals surface area contributed by atoms with Gasteiger partial charge in [0, 0.05) is 31.5 Å². The summed E-state index contributed by atoms with van der Waals surface area (Å²) in [5, 5.41) is 8.18. The number of aromatic nitrogens is 5. The Labute approximate surface area is 198 Å². The molecule has 0 saturated heterocycles. The van der Waals surface area contributed by atoms with Crippen LogP contribution in [-0.4, -0.2) is 42.2 Å². The Morgan fingerprint density at radius 2 is 1.80 bits per heavy atom. The summed E-state index contributed by atoms with van der Waals surface area (Å²) in [5.74, 6) is -0.872. The molecule has 0 atom stereocenters. The summed E-state index contributed by atoms with van der Waals surface area (Å²) in [6.45, 7) is 0.287. The number of carbonyl (C=O) groups excluding carboxylic acids is 1. The molecule has 35 heavy (non-hydrogen) atoms.